The highest BCUT2D eigenvalue weighted by atomic mass is 16.6. The second-order valence-electron chi connectivity index (χ2n) is 12.5. The molecule has 0 saturated carbocycles. The van der Waals surface area contributed by atoms with Gasteiger partial charge in [0, 0.05) is 13.0 Å². The highest BCUT2D eigenvalue weighted by molar-refractivity contribution is 5.93. The minimum atomic E-state index is -1.17. The zero-order valence-electron chi connectivity index (χ0n) is 27.3. The lowest BCUT2D eigenvalue weighted by atomic mass is 10.0. The summed E-state index contributed by atoms with van der Waals surface area (Å²) in [6.45, 7) is 9.20. The Labute approximate surface area is 271 Å². The summed E-state index contributed by atoms with van der Waals surface area (Å²) >= 11 is 0. The fraction of sp³-hybridized carbons (Fsp3) is 0.500. The van der Waals surface area contributed by atoms with Crippen LogP contribution >= 0.6 is 0 Å². The van der Waals surface area contributed by atoms with Crippen LogP contribution in [0.5, 0.6) is 0 Å². The molecule has 12 heteroatoms. The molecule has 0 aliphatic rings. The van der Waals surface area contributed by atoms with Crippen LogP contribution in [0.1, 0.15) is 71.4 Å². The zero-order chi connectivity index (χ0) is 34.1. The van der Waals surface area contributed by atoms with E-state index in [1.807, 2.05) is 50.2 Å². The molecule has 2 aromatic rings. The number of alkyl carbamates (subject to hydrolysis) is 2. The molecule has 0 aromatic heterocycles. The van der Waals surface area contributed by atoms with Gasteiger partial charge in [0.15, 0.2) is 0 Å². The van der Waals surface area contributed by atoms with Gasteiger partial charge in [-0.3, -0.25) is 9.59 Å². The highest BCUT2D eigenvalue weighted by Gasteiger charge is 2.31. The van der Waals surface area contributed by atoms with Crippen molar-refractivity contribution in [2.24, 2.45) is 5.92 Å². The van der Waals surface area contributed by atoms with Gasteiger partial charge in [-0.15, -0.1) is 0 Å². The van der Waals surface area contributed by atoms with Gasteiger partial charge in [-0.25, -0.2) is 14.4 Å². The van der Waals surface area contributed by atoms with Crippen molar-refractivity contribution in [1.82, 2.24) is 21.3 Å². The van der Waals surface area contributed by atoms with Gasteiger partial charge in [-0.05, 0) is 63.5 Å². The van der Waals surface area contributed by atoms with E-state index in [1.165, 1.54) is 0 Å². The summed E-state index contributed by atoms with van der Waals surface area (Å²) in [6.07, 6.45) is 0.0155. The van der Waals surface area contributed by atoms with E-state index < -0.39 is 53.7 Å². The third kappa shape index (κ3) is 15.4. The molecule has 0 saturated heterocycles. The smallest absolute Gasteiger partial charge is 0.408 e. The van der Waals surface area contributed by atoms with E-state index in [1.54, 1.807) is 45.0 Å². The summed E-state index contributed by atoms with van der Waals surface area (Å²) in [5.74, 6) is -2.45. The summed E-state index contributed by atoms with van der Waals surface area (Å²) in [7, 11) is 0. The number of amides is 4. The average Bonchev–Trinajstić information content (AvgIpc) is 2.98. The van der Waals surface area contributed by atoms with Gasteiger partial charge in [0.25, 0.3) is 0 Å². The maximum Gasteiger partial charge on any atom is 0.408 e. The Morgan fingerprint density at radius 3 is 1.87 bits per heavy atom. The van der Waals surface area contributed by atoms with Crippen LogP contribution in [0.15, 0.2) is 60.7 Å². The number of rotatable bonds is 17. The summed E-state index contributed by atoms with van der Waals surface area (Å²) in [5.41, 5.74) is 0.797. The molecule has 0 radical (unpaired) electrons. The monoisotopic (exact) mass is 640 g/mol. The molecule has 252 valence electrons. The Morgan fingerprint density at radius 1 is 0.739 bits per heavy atom. The van der Waals surface area contributed by atoms with Crippen molar-refractivity contribution in [3.8, 4) is 0 Å². The molecule has 12 nitrogen and oxygen atoms in total. The van der Waals surface area contributed by atoms with Gasteiger partial charge in [-0.1, -0.05) is 74.5 Å². The van der Waals surface area contributed by atoms with Crippen molar-refractivity contribution in [2.45, 2.75) is 97.1 Å². The number of hydrogen-bond donors (Lipinski definition) is 5. The number of aliphatic carboxylic acids is 1. The Balaban J connectivity index is 2.08. The molecule has 0 unspecified atom stereocenters. The van der Waals surface area contributed by atoms with Crippen molar-refractivity contribution < 1.29 is 38.6 Å². The first-order valence-electron chi connectivity index (χ1n) is 15.5. The maximum absolute atomic E-state index is 13.6. The Hall–Kier alpha value is -4.61. The van der Waals surface area contributed by atoms with Gasteiger partial charge in [0.05, 0.1) is 0 Å². The van der Waals surface area contributed by atoms with E-state index in [9.17, 15) is 29.1 Å². The molecule has 0 aliphatic heterocycles. The summed E-state index contributed by atoms with van der Waals surface area (Å²) < 4.78 is 10.6. The molecule has 0 spiro atoms. The maximum atomic E-state index is 13.6. The van der Waals surface area contributed by atoms with Crippen LogP contribution < -0.4 is 21.3 Å². The van der Waals surface area contributed by atoms with Crippen LogP contribution in [0.3, 0.4) is 0 Å². The van der Waals surface area contributed by atoms with Crippen LogP contribution in [0.4, 0.5) is 9.59 Å². The number of unbranched alkanes of at least 4 members (excludes halogenated alkanes) is 1. The van der Waals surface area contributed by atoms with E-state index in [2.05, 4.69) is 21.3 Å². The van der Waals surface area contributed by atoms with E-state index in [-0.39, 0.29) is 38.3 Å². The zero-order valence-corrected chi connectivity index (χ0v) is 27.3. The molecule has 2 aromatic carbocycles. The predicted molar refractivity (Wildman–Crippen MR) is 173 cm³/mol. The molecular formula is C34H48N4O8. The Kier molecular flexibility index (Phi) is 15.5. The lowest BCUT2D eigenvalue weighted by Gasteiger charge is -2.26. The number of ether oxygens (including phenoxy) is 2. The van der Waals surface area contributed by atoms with Crippen LogP contribution in [-0.2, 0) is 36.9 Å². The molecule has 2 rings (SSSR count). The molecule has 0 heterocycles. The third-order valence-corrected chi connectivity index (χ3v) is 6.65. The molecule has 4 amide bonds. The van der Waals surface area contributed by atoms with Gasteiger partial charge in [0.1, 0.15) is 30.3 Å². The van der Waals surface area contributed by atoms with E-state index in [4.69, 9.17) is 9.47 Å². The molecule has 0 fully saturated rings. The first-order valence-corrected chi connectivity index (χ1v) is 15.5. The van der Waals surface area contributed by atoms with E-state index in [0.717, 1.165) is 11.1 Å². The minimum Gasteiger partial charge on any atom is -0.480 e. The van der Waals surface area contributed by atoms with Crippen LogP contribution in [0, 0.1) is 5.92 Å². The Bertz CT molecular complexity index is 1260. The van der Waals surface area contributed by atoms with Crippen LogP contribution in [0.25, 0.3) is 0 Å². The van der Waals surface area contributed by atoms with Gasteiger partial charge in [-0.2, -0.15) is 0 Å². The average molecular weight is 641 g/mol. The number of carboxylic acid groups (broad SMARTS) is 1. The molecule has 5 N–H and O–H groups in total. The number of nitrogens with one attached hydrogen (secondary N) is 4. The topological polar surface area (TPSA) is 172 Å². The fourth-order valence-electron chi connectivity index (χ4n) is 4.45. The Morgan fingerprint density at radius 2 is 1.30 bits per heavy atom. The van der Waals surface area contributed by atoms with Crippen molar-refractivity contribution in [2.75, 3.05) is 6.54 Å². The lowest BCUT2D eigenvalue weighted by Crippen LogP contribution is -2.56. The molecule has 3 atom stereocenters. The quantitative estimate of drug-likeness (QED) is 0.159. The van der Waals surface area contributed by atoms with Gasteiger partial charge >= 0.3 is 18.2 Å². The SMILES string of the molecule is CC(C)C[C@H](NC(=O)[C@H](Cc1ccccc1)NC(=O)[C@H](CCCCNC(=O)OCc1ccccc1)NC(=O)OC(C)(C)C)C(=O)O. The van der Waals surface area contributed by atoms with Crippen molar-refractivity contribution in [1.29, 1.82) is 0 Å². The minimum absolute atomic E-state index is 0.00572. The van der Waals surface area contributed by atoms with Crippen LogP contribution in [0.2, 0.25) is 0 Å². The first-order chi connectivity index (χ1) is 21.7. The summed E-state index contributed by atoms with van der Waals surface area (Å²) in [4.78, 5) is 63.5. The predicted octanol–water partition coefficient (Wildman–Crippen LogP) is 4.32. The number of carbonyl (C=O) groups excluding carboxylic acids is 4. The van der Waals surface area contributed by atoms with E-state index >= 15 is 0 Å². The third-order valence-electron chi connectivity index (χ3n) is 6.65. The standard InChI is InChI=1S/C34H48N4O8/c1-23(2)20-28(31(41)42)37-30(40)27(21-24-14-8-6-9-15-24)36-29(39)26(38-33(44)46-34(3,4)5)18-12-13-19-35-32(43)45-22-25-16-10-7-11-17-25/h6-11,14-17,23,26-28H,12-13,18-22H2,1-5H3,(H,35,43)(H,36,39)(H,37,40)(H,38,44)(H,41,42)/t26-,27-,28-/m0/s1. The lowest BCUT2D eigenvalue weighted by molar-refractivity contribution is -0.142. The van der Waals surface area contributed by atoms with Gasteiger partial charge < -0.3 is 35.8 Å². The van der Waals surface area contributed by atoms with Crippen LogP contribution in [-0.4, -0.2) is 65.3 Å². The molecular weight excluding hydrogens is 592 g/mol. The number of hydrogen-bond acceptors (Lipinski definition) is 7. The summed E-state index contributed by atoms with van der Waals surface area (Å²) in [5, 5.41) is 20.2. The summed E-state index contributed by atoms with van der Waals surface area (Å²) in [6, 6.07) is 14.9. The fourth-order valence-corrected chi connectivity index (χ4v) is 4.45. The van der Waals surface area contributed by atoms with E-state index in [0.29, 0.717) is 12.8 Å². The second kappa shape index (κ2) is 19.0. The first kappa shape index (κ1) is 37.6. The van der Waals surface area contributed by atoms with Crippen molar-refractivity contribution in [3.63, 3.8) is 0 Å². The normalized spacial score (nSPS) is 13.1. The molecule has 0 bridgehead atoms. The number of benzene rings is 2. The second-order valence-corrected chi connectivity index (χ2v) is 12.5. The van der Waals surface area contributed by atoms with Crippen molar-refractivity contribution >= 4 is 30.0 Å². The number of carboxylic acids is 1. The van der Waals surface area contributed by atoms with Crippen molar-refractivity contribution in [3.05, 3.63) is 71.8 Å². The molecule has 0 aliphatic carbocycles. The van der Waals surface area contributed by atoms with Gasteiger partial charge in [0.2, 0.25) is 11.8 Å². The largest absolute Gasteiger partial charge is 0.480 e. The molecule has 46 heavy (non-hydrogen) atoms. The highest BCUT2D eigenvalue weighted by Crippen LogP contribution is 2.11. The number of carbonyl (C=O) groups is 5.